The van der Waals surface area contributed by atoms with Crippen molar-refractivity contribution in [1.82, 2.24) is 5.32 Å². The lowest BCUT2D eigenvalue weighted by Gasteiger charge is -2.09. The highest BCUT2D eigenvalue weighted by atomic mass is 16.5. The Morgan fingerprint density at radius 3 is 2.72 bits per heavy atom. The largest absolute Gasteiger partial charge is 0.490 e. The maximum Gasteiger partial charge on any atom is 0.251 e. The molecule has 0 spiro atoms. The smallest absolute Gasteiger partial charge is 0.251 e. The zero-order chi connectivity index (χ0) is 17.2. The molecule has 0 bridgehead atoms. The Morgan fingerprint density at radius 2 is 1.92 bits per heavy atom. The molecule has 0 atom stereocenters. The number of carbonyl (C=O) groups is 1. The van der Waals surface area contributed by atoms with Gasteiger partial charge in [-0.3, -0.25) is 4.79 Å². The lowest BCUT2D eigenvalue weighted by Crippen LogP contribution is -2.18. The molecule has 1 amide bonds. The Kier molecular flexibility index (Phi) is 4.01. The molecule has 0 aromatic heterocycles. The van der Waals surface area contributed by atoms with Crippen molar-refractivity contribution in [3.8, 4) is 11.5 Å². The van der Waals surface area contributed by atoms with Crippen molar-refractivity contribution in [1.29, 1.82) is 0 Å². The molecule has 0 fully saturated rings. The third kappa shape index (κ3) is 3.15. The fourth-order valence-electron chi connectivity index (χ4n) is 2.97. The van der Waals surface area contributed by atoms with E-state index in [1.807, 2.05) is 30.3 Å². The summed E-state index contributed by atoms with van der Waals surface area (Å²) in [4.78, 5) is 16.4. The Morgan fingerprint density at radius 1 is 1.12 bits per heavy atom. The van der Waals surface area contributed by atoms with Crippen molar-refractivity contribution in [2.24, 2.45) is 4.99 Å². The van der Waals surface area contributed by atoms with Crippen LogP contribution in [0.1, 0.15) is 22.3 Å². The summed E-state index contributed by atoms with van der Waals surface area (Å²) in [5.41, 5.74) is 3.45. The monoisotopic (exact) mass is 337 g/mol. The molecule has 0 saturated carbocycles. The van der Waals surface area contributed by atoms with Gasteiger partial charge in [-0.25, -0.2) is 4.99 Å². The van der Waals surface area contributed by atoms with Crippen LogP contribution < -0.4 is 20.1 Å². The number of anilines is 1. The number of hydrogen-bond donors (Lipinski definition) is 2. The third-order valence-electron chi connectivity index (χ3n) is 4.20. The molecule has 6 heteroatoms. The Bertz CT molecular complexity index is 861. The highest BCUT2D eigenvalue weighted by Crippen LogP contribution is 2.39. The number of rotatable bonds is 2. The van der Waals surface area contributed by atoms with Gasteiger partial charge in [0.1, 0.15) is 5.84 Å². The summed E-state index contributed by atoms with van der Waals surface area (Å²) in [7, 11) is 1.62. The number of aliphatic imine (C=N–C) groups is 1. The molecule has 2 N–H and O–H groups in total. The number of carbonyl (C=O) groups excluding carboxylic acids is 1. The van der Waals surface area contributed by atoms with E-state index in [1.165, 1.54) is 0 Å². The lowest BCUT2D eigenvalue weighted by molar-refractivity contribution is 0.0963. The van der Waals surface area contributed by atoms with Gasteiger partial charge in [0.15, 0.2) is 11.5 Å². The van der Waals surface area contributed by atoms with Crippen molar-refractivity contribution in [2.45, 2.75) is 12.8 Å². The first-order valence-corrected chi connectivity index (χ1v) is 8.32. The van der Waals surface area contributed by atoms with Gasteiger partial charge in [-0.15, -0.1) is 0 Å². The van der Waals surface area contributed by atoms with Crippen molar-refractivity contribution in [3.63, 3.8) is 0 Å². The standard InChI is InChI=1S/C19H19N3O3/c1-20-19(23)12-4-2-5-14(8-12)21-18-10-13-9-16-17(11-15(13)22-18)25-7-3-6-24-16/h2,4-5,8-9,11H,3,6-7,10H2,1H3,(H,20,23)(H,21,22). The van der Waals surface area contributed by atoms with E-state index in [-0.39, 0.29) is 5.91 Å². The Balaban J connectivity index is 1.55. The molecular weight excluding hydrogens is 318 g/mol. The minimum absolute atomic E-state index is 0.113. The average Bonchev–Trinajstić information content (AvgIpc) is 2.86. The zero-order valence-electron chi connectivity index (χ0n) is 14.0. The van der Waals surface area contributed by atoms with E-state index in [0.717, 1.165) is 40.7 Å². The molecule has 0 aliphatic carbocycles. The first kappa shape index (κ1) is 15.5. The van der Waals surface area contributed by atoms with E-state index in [1.54, 1.807) is 13.1 Å². The van der Waals surface area contributed by atoms with Crippen molar-refractivity contribution >= 4 is 23.1 Å². The molecule has 0 unspecified atom stereocenters. The topological polar surface area (TPSA) is 72.0 Å². The van der Waals surface area contributed by atoms with Gasteiger partial charge >= 0.3 is 0 Å². The minimum Gasteiger partial charge on any atom is -0.490 e. The van der Waals surface area contributed by atoms with Gasteiger partial charge < -0.3 is 20.1 Å². The Labute approximate surface area is 145 Å². The fraction of sp³-hybridized carbons (Fsp3) is 0.263. The number of amides is 1. The zero-order valence-corrected chi connectivity index (χ0v) is 14.0. The number of nitrogens with zero attached hydrogens (tertiary/aromatic N) is 1. The van der Waals surface area contributed by atoms with Gasteiger partial charge in [-0.05, 0) is 29.8 Å². The van der Waals surface area contributed by atoms with Gasteiger partial charge in [0, 0.05) is 37.2 Å². The number of hydrogen-bond acceptors (Lipinski definition) is 5. The van der Waals surface area contributed by atoms with Crippen molar-refractivity contribution < 1.29 is 14.3 Å². The van der Waals surface area contributed by atoms with Gasteiger partial charge in [-0.2, -0.15) is 0 Å². The van der Waals surface area contributed by atoms with Crippen LogP contribution >= 0.6 is 0 Å². The average molecular weight is 337 g/mol. The first-order valence-electron chi connectivity index (χ1n) is 8.32. The predicted molar refractivity (Wildman–Crippen MR) is 96.3 cm³/mol. The van der Waals surface area contributed by atoms with E-state index in [9.17, 15) is 4.79 Å². The minimum atomic E-state index is -0.113. The van der Waals surface area contributed by atoms with E-state index in [2.05, 4.69) is 15.6 Å². The van der Waals surface area contributed by atoms with E-state index < -0.39 is 0 Å². The molecule has 2 aromatic carbocycles. The number of fused-ring (bicyclic) bond motifs is 2. The quantitative estimate of drug-likeness (QED) is 0.884. The molecule has 128 valence electrons. The molecule has 4 rings (SSSR count). The molecule has 6 nitrogen and oxygen atoms in total. The van der Waals surface area contributed by atoms with Crippen LogP contribution in [0.25, 0.3) is 0 Å². The fourth-order valence-corrected chi connectivity index (χ4v) is 2.97. The maximum absolute atomic E-state index is 11.8. The maximum atomic E-state index is 11.8. The van der Waals surface area contributed by atoms with Gasteiger partial charge in [0.2, 0.25) is 0 Å². The van der Waals surface area contributed by atoms with Crippen LogP contribution in [0.4, 0.5) is 11.4 Å². The first-order chi connectivity index (χ1) is 12.2. The van der Waals surface area contributed by atoms with Crippen molar-refractivity contribution in [2.75, 3.05) is 25.6 Å². The number of amidine groups is 1. The second kappa shape index (κ2) is 6.47. The molecule has 25 heavy (non-hydrogen) atoms. The number of nitrogens with one attached hydrogen (secondary N) is 2. The second-order valence-electron chi connectivity index (χ2n) is 6.00. The van der Waals surface area contributed by atoms with Gasteiger partial charge in [-0.1, -0.05) is 6.07 Å². The lowest BCUT2D eigenvalue weighted by atomic mass is 10.1. The second-order valence-corrected chi connectivity index (χ2v) is 6.00. The van der Waals surface area contributed by atoms with Crippen molar-refractivity contribution in [3.05, 3.63) is 47.5 Å². The number of benzene rings is 2. The van der Waals surface area contributed by atoms with Gasteiger partial charge in [0.05, 0.1) is 18.9 Å². The molecule has 2 aromatic rings. The molecule has 0 radical (unpaired) electrons. The highest BCUT2D eigenvalue weighted by molar-refractivity contribution is 6.03. The van der Waals surface area contributed by atoms with Crippen LogP contribution in [0.3, 0.4) is 0 Å². The summed E-state index contributed by atoms with van der Waals surface area (Å²) in [5.74, 6) is 2.26. The summed E-state index contributed by atoms with van der Waals surface area (Å²) < 4.78 is 11.5. The third-order valence-corrected chi connectivity index (χ3v) is 4.20. The molecule has 0 saturated heterocycles. The van der Waals surface area contributed by atoms with Crippen LogP contribution in [0.15, 0.2) is 41.4 Å². The highest BCUT2D eigenvalue weighted by Gasteiger charge is 2.20. The van der Waals surface area contributed by atoms with Crippen LogP contribution in [0.2, 0.25) is 0 Å². The van der Waals surface area contributed by atoms with E-state index in [0.29, 0.717) is 25.2 Å². The Hall–Kier alpha value is -3.02. The predicted octanol–water partition coefficient (Wildman–Crippen LogP) is 2.91. The molecular formula is C19H19N3O3. The van der Waals surface area contributed by atoms with Crippen LogP contribution in [-0.2, 0) is 6.42 Å². The van der Waals surface area contributed by atoms with Crippen LogP contribution in [0.5, 0.6) is 11.5 Å². The summed E-state index contributed by atoms with van der Waals surface area (Å²) in [5, 5.41) is 5.93. The molecule has 2 aliphatic rings. The summed E-state index contributed by atoms with van der Waals surface area (Å²) in [6, 6.07) is 11.3. The van der Waals surface area contributed by atoms with E-state index in [4.69, 9.17) is 9.47 Å². The molecule has 2 heterocycles. The normalized spacial score (nSPS) is 15.0. The summed E-state index contributed by atoms with van der Waals surface area (Å²) in [6.45, 7) is 1.33. The van der Waals surface area contributed by atoms with E-state index >= 15 is 0 Å². The number of ether oxygens (including phenoxy) is 2. The summed E-state index contributed by atoms with van der Waals surface area (Å²) in [6.07, 6.45) is 1.58. The SMILES string of the molecule is CNC(=O)c1cccc(NC2=Nc3cc4c(cc3C2)OCCCO4)c1. The summed E-state index contributed by atoms with van der Waals surface area (Å²) >= 11 is 0. The molecule has 2 aliphatic heterocycles. The van der Waals surface area contributed by atoms with Crippen LogP contribution in [0, 0.1) is 0 Å². The van der Waals surface area contributed by atoms with Gasteiger partial charge in [0.25, 0.3) is 5.91 Å². The van der Waals surface area contributed by atoms with Crippen LogP contribution in [-0.4, -0.2) is 32.0 Å².